The van der Waals surface area contributed by atoms with E-state index in [4.69, 9.17) is 10.5 Å². The summed E-state index contributed by atoms with van der Waals surface area (Å²) in [6, 6.07) is 0.201. The smallest absolute Gasteiger partial charge is 0.0730 e. The second-order valence-corrected chi connectivity index (χ2v) is 5.21. The lowest BCUT2D eigenvalue weighted by Gasteiger charge is -2.40. The normalized spacial score (nSPS) is 31.7. The lowest BCUT2D eigenvalue weighted by molar-refractivity contribution is 0.0581. The summed E-state index contributed by atoms with van der Waals surface area (Å²) in [5.74, 6) is 1.18. The highest BCUT2D eigenvalue weighted by Gasteiger charge is 2.50. The minimum atomic E-state index is 0.181. The maximum atomic E-state index is 6.35. The summed E-state index contributed by atoms with van der Waals surface area (Å²) in [6.45, 7) is 12.0. The zero-order chi connectivity index (χ0) is 10.9. The summed E-state index contributed by atoms with van der Waals surface area (Å²) in [5.41, 5.74) is 6.53. The monoisotopic (exact) mass is 199 g/mol. The van der Waals surface area contributed by atoms with Crippen molar-refractivity contribution < 1.29 is 4.74 Å². The largest absolute Gasteiger partial charge is 0.376 e. The van der Waals surface area contributed by atoms with Crippen LogP contribution in [0.5, 0.6) is 0 Å². The molecule has 0 aliphatic carbocycles. The van der Waals surface area contributed by atoms with Crippen LogP contribution in [0.3, 0.4) is 0 Å². The van der Waals surface area contributed by atoms with Gasteiger partial charge >= 0.3 is 0 Å². The van der Waals surface area contributed by atoms with Crippen LogP contribution in [0.4, 0.5) is 0 Å². The molecule has 1 fully saturated rings. The minimum Gasteiger partial charge on any atom is -0.376 e. The van der Waals surface area contributed by atoms with E-state index in [2.05, 4.69) is 34.6 Å². The zero-order valence-electron chi connectivity index (χ0n) is 10.2. The Kier molecular flexibility index (Phi) is 3.59. The average Bonchev–Trinajstić information content (AvgIpc) is 2.43. The third-order valence-corrected chi connectivity index (χ3v) is 4.12. The second kappa shape index (κ2) is 4.19. The van der Waals surface area contributed by atoms with Gasteiger partial charge in [0.1, 0.15) is 0 Å². The van der Waals surface area contributed by atoms with Crippen molar-refractivity contribution in [2.75, 3.05) is 6.61 Å². The first kappa shape index (κ1) is 12.0. The Balaban J connectivity index is 2.90. The number of hydrogen-bond acceptors (Lipinski definition) is 2. The van der Waals surface area contributed by atoms with E-state index < -0.39 is 0 Å². The molecule has 0 saturated carbocycles. The van der Waals surface area contributed by atoms with Crippen LogP contribution >= 0.6 is 0 Å². The van der Waals surface area contributed by atoms with Crippen molar-refractivity contribution in [1.82, 2.24) is 0 Å². The molecule has 0 aromatic carbocycles. The van der Waals surface area contributed by atoms with E-state index in [1.165, 1.54) is 0 Å². The van der Waals surface area contributed by atoms with Gasteiger partial charge < -0.3 is 10.5 Å². The number of rotatable bonds is 3. The summed E-state index contributed by atoms with van der Waals surface area (Å²) in [4.78, 5) is 0. The lowest BCUT2D eigenvalue weighted by Crippen LogP contribution is -2.50. The Morgan fingerprint density at radius 1 is 1.29 bits per heavy atom. The highest BCUT2D eigenvalue weighted by Crippen LogP contribution is 2.45. The molecule has 1 saturated heterocycles. The number of hydrogen-bond donors (Lipinski definition) is 1. The molecule has 84 valence electrons. The quantitative estimate of drug-likeness (QED) is 0.757. The molecule has 0 unspecified atom stereocenters. The summed E-state index contributed by atoms with van der Waals surface area (Å²) >= 11 is 0. The topological polar surface area (TPSA) is 35.2 Å². The van der Waals surface area contributed by atoms with Crippen LogP contribution in [-0.2, 0) is 4.74 Å². The zero-order valence-corrected chi connectivity index (χ0v) is 10.2. The van der Waals surface area contributed by atoms with Crippen LogP contribution in [0.25, 0.3) is 0 Å². The summed E-state index contributed by atoms with van der Waals surface area (Å²) in [6.07, 6.45) is 1.29. The van der Waals surface area contributed by atoms with Crippen molar-refractivity contribution in [3.8, 4) is 0 Å². The van der Waals surface area contributed by atoms with Crippen LogP contribution in [0.2, 0.25) is 0 Å². The third-order valence-electron chi connectivity index (χ3n) is 4.12. The Bertz CT molecular complexity index is 181. The Morgan fingerprint density at radius 2 is 1.79 bits per heavy atom. The van der Waals surface area contributed by atoms with Gasteiger partial charge in [0.2, 0.25) is 0 Å². The van der Waals surface area contributed by atoms with Crippen molar-refractivity contribution in [2.45, 2.75) is 53.2 Å². The fourth-order valence-electron chi connectivity index (χ4n) is 2.94. The van der Waals surface area contributed by atoms with E-state index in [1.54, 1.807) is 0 Å². The van der Waals surface area contributed by atoms with Crippen LogP contribution in [0, 0.1) is 17.3 Å². The molecule has 0 aromatic heterocycles. The molecule has 1 rings (SSSR count). The Hall–Kier alpha value is -0.0800. The first-order valence-electron chi connectivity index (χ1n) is 5.84. The molecule has 0 radical (unpaired) electrons. The molecule has 1 aliphatic heterocycles. The summed E-state index contributed by atoms with van der Waals surface area (Å²) < 4.78 is 5.83. The standard InChI is InChI=1S/C12H25NO/c1-6-10-11(13)12(7-14-10,8(2)3)9(4)5/h8-11H,6-7,13H2,1-5H3/t10-,11+/m0/s1. The highest BCUT2D eigenvalue weighted by molar-refractivity contribution is 5.01. The van der Waals surface area contributed by atoms with Crippen LogP contribution in [-0.4, -0.2) is 18.8 Å². The maximum Gasteiger partial charge on any atom is 0.0730 e. The molecule has 2 N–H and O–H groups in total. The van der Waals surface area contributed by atoms with Gasteiger partial charge in [-0.25, -0.2) is 0 Å². The van der Waals surface area contributed by atoms with Crippen molar-refractivity contribution >= 4 is 0 Å². The second-order valence-electron chi connectivity index (χ2n) is 5.21. The predicted octanol–water partition coefficient (Wildman–Crippen LogP) is 2.42. The summed E-state index contributed by atoms with van der Waals surface area (Å²) in [5, 5.41) is 0. The van der Waals surface area contributed by atoms with Gasteiger partial charge in [0.15, 0.2) is 0 Å². The van der Waals surface area contributed by atoms with Gasteiger partial charge in [0.25, 0.3) is 0 Å². The van der Waals surface area contributed by atoms with Gasteiger partial charge in [0.05, 0.1) is 12.7 Å². The van der Waals surface area contributed by atoms with Crippen LogP contribution in [0.15, 0.2) is 0 Å². The van der Waals surface area contributed by atoms with E-state index in [1.807, 2.05) is 0 Å². The van der Waals surface area contributed by atoms with Gasteiger partial charge in [-0.05, 0) is 18.3 Å². The highest BCUT2D eigenvalue weighted by atomic mass is 16.5. The molecule has 2 heteroatoms. The molecule has 0 aromatic rings. The van der Waals surface area contributed by atoms with E-state index in [0.717, 1.165) is 13.0 Å². The molecular weight excluding hydrogens is 174 g/mol. The van der Waals surface area contributed by atoms with E-state index >= 15 is 0 Å². The predicted molar refractivity (Wildman–Crippen MR) is 60.1 cm³/mol. The molecular formula is C12H25NO. The Labute approximate surface area is 88.2 Å². The van der Waals surface area contributed by atoms with Crippen molar-refractivity contribution in [2.24, 2.45) is 23.0 Å². The fourth-order valence-corrected chi connectivity index (χ4v) is 2.94. The van der Waals surface area contributed by atoms with Gasteiger partial charge in [-0.2, -0.15) is 0 Å². The first-order chi connectivity index (χ1) is 6.46. The van der Waals surface area contributed by atoms with Crippen LogP contribution in [0.1, 0.15) is 41.0 Å². The van der Waals surface area contributed by atoms with Crippen molar-refractivity contribution in [3.05, 3.63) is 0 Å². The van der Waals surface area contributed by atoms with E-state index in [0.29, 0.717) is 11.8 Å². The Morgan fingerprint density at radius 3 is 2.00 bits per heavy atom. The molecule has 0 amide bonds. The van der Waals surface area contributed by atoms with E-state index in [-0.39, 0.29) is 17.6 Å². The lowest BCUT2D eigenvalue weighted by atomic mass is 9.65. The van der Waals surface area contributed by atoms with E-state index in [9.17, 15) is 0 Å². The molecule has 14 heavy (non-hydrogen) atoms. The molecule has 0 spiro atoms. The molecule has 1 heterocycles. The fraction of sp³-hybridized carbons (Fsp3) is 1.00. The van der Waals surface area contributed by atoms with Crippen molar-refractivity contribution in [3.63, 3.8) is 0 Å². The first-order valence-corrected chi connectivity index (χ1v) is 5.84. The number of ether oxygens (including phenoxy) is 1. The van der Waals surface area contributed by atoms with Gasteiger partial charge in [0, 0.05) is 11.5 Å². The molecule has 2 atom stereocenters. The molecule has 0 bridgehead atoms. The third kappa shape index (κ3) is 1.59. The summed E-state index contributed by atoms with van der Waals surface area (Å²) in [7, 11) is 0. The van der Waals surface area contributed by atoms with Gasteiger partial charge in [-0.15, -0.1) is 0 Å². The number of nitrogens with two attached hydrogens (primary N) is 1. The minimum absolute atomic E-state index is 0.181. The SMILES string of the molecule is CC[C@@H]1OCC(C(C)C)(C(C)C)[C@@H]1N. The van der Waals surface area contributed by atoms with Crippen LogP contribution < -0.4 is 5.73 Å². The molecule has 2 nitrogen and oxygen atoms in total. The molecule has 1 aliphatic rings. The van der Waals surface area contributed by atoms with Crippen molar-refractivity contribution in [1.29, 1.82) is 0 Å². The van der Waals surface area contributed by atoms with Gasteiger partial charge in [-0.1, -0.05) is 34.6 Å². The average molecular weight is 199 g/mol. The van der Waals surface area contributed by atoms with Gasteiger partial charge in [-0.3, -0.25) is 0 Å². The maximum absolute atomic E-state index is 6.35.